The number of hydrogen-bond acceptors (Lipinski definition) is 7. The molecule has 0 aromatic heterocycles. The minimum Gasteiger partial charge on any atom is -0.493 e. The number of rotatable bonds is 7. The van der Waals surface area contributed by atoms with E-state index in [1.54, 1.807) is 18.2 Å². The lowest BCUT2D eigenvalue weighted by atomic mass is 10.00. The number of benzene rings is 2. The smallest absolute Gasteiger partial charge is 0.311 e. The van der Waals surface area contributed by atoms with E-state index in [-0.39, 0.29) is 11.4 Å². The van der Waals surface area contributed by atoms with E-state index in [1.165, 1.54) is 40.6 Å². The fourth-order valence-corrected chi connectivity index (χ4v) is 2.47. The third-order valence-corrected chi connectivity index (χ3v) is 3.72. The van der Waals surface area contributed by atoms with E-state index in [2.05, 4.69) is 0 Å². The number of hydrogen-bond donors (Lipinski definition) is 1. The summed E-state index contributed by atoms with van der Waals surface area (Å²) in [5.74, 6) is 1.25. The van der Waals surface area contributed by atoms with Crippen LogP contribution < -0.4 is 18.9 Å². The first-order valence-corrected chi connectivity index (χ1v) is 7.27. The predicted octanol–water partition coefficient (Wildman–Crippen LogP) is 2.71. The molecule has 0 heterocycles. The molecule has 2 aromatic carbocycles. The van der Waals surface area contributed by atoms with Crippen molar-refractivity contribution in [2.75, 3.05) is 28.4 Å². The minimum absolute atomic E-state index is 0.117. The van der Waals surface area contributed by atoms with Gasteiger partial charge in [-0.25, -0.2) is 0 Å². The monoisotopic (exact) mass is 349 g/mol. The molecule has 0 spiro atoms. The highest BCUT2D eigenvalue weighted by atomic mass is 16.6. The van der Waals surface area contributed by atoms with Crippen LogP contribution in [-0.2, 0) is 0 Å². The number of nitrogens with zero attached hydrogens (tertiary/aromatic N) is 1. The fraction of sp³-hybridized carbons (Fsp3) is 0.294. The van der Waals surface area contributed by atoms with E-state index in [9.17, 15) is 15.2 Å². The van der Waals surface area contributed by atoms with Gasteiger partial charge in [0.25, 0.3) is 0 Å². The molecule has 0 fully saturated rings. The summed E-state index contributed by atoms with van der Waals surface area (Å²) >= 11 is 0. The Balaban J connectivity index is 2.52. The van der Waals surface area contributed by atoms with E-state index in [4.69, 9.17) is 18.9 Å². The Kier molecular flexibility index (Phi) is 5.66. The van der Waals surface area contributed by atoms with E-state index >= 15 is 0 Å². The van der Waals surface area contributed by atoms with Gasteiger partial charge in [-0.3, -0.25) is 10.1 Å². The van der Waals surface area contributed by atoms with Crippen LogP contribution in [-0.4, -0.2) is 38.5 Å². The lowest BCUT2D eigenvalue weighted by Crippen LogP contribution is -2.04. The second-order valence-electron chi connectivity index (χ2n) is 5.05. The summed E-state index contributed by atoms with van der Waals surface area (Å²) in [5, 5.41) is 21.8. The topological polar surface area (TPSA) is 100 Å². The van der Waals surface area contributed by atoms with E-state index in [0.29, 0.717) is 28.4 Å². The third kappa shape index (κ3) is 3.58. The Hall–Kier alpha value is -3.00. The molecule has 8 nitrogen and oxygen atoms in total. The zero-order chi connectivity index (χ0) is 18.6. The van der Waals surface area contributed by atoms with Gasteiger partial charge in [-0.05, 0) is 29.3 Å². The van der Waals surface area contributed by atoms with Crippen molar-refractivity contribution in [1.82, 2.24) is 0 Å². The molecule has 25 heavy (non-hydrogen) atoms. The predicted molar refractivity (Wildman–Crippen MR) is 89.8 cm³/mol. The van der Waals surface area contributed by atoms with E-state index in [0.717, 1.165) is 0 Å². The molecule has 1 atom stereocenters. The number of aliphatic hydroxyl groups is 1. The number of ether oxygens (including phenoxy) is 4. The van der Waals surface area contributed by atoms with Crippen LogP contribution in [0.5, 0.6) is 23.0 Å². The van der Waals surface area contributed by atoms with Crippen molar-refractivity contribution in [3.05, 3.63) is 51.6 Å². The SMILES string of the molecule is COc1ccc(C(O)c2cc(OC)c(OC)c(OC)c2)cc1[N+](=O)[O-]. The van der Waals surface area contributed by atoms with E-state index in [1.807, 2.05) is 0 Å². The second kappa shape index (κ2) is 7.71. The van der Waals surface area contributed by atoms with Crippen molar-refractivity contribution in [2.45, 2.75) is 6.10 Å². The van der Waals surface area contributed by atoms with Crippen molar-refractivity contribution in [3.8, 4) is 23.0 Å². The van der Waals surface area contributed by atoms with Crippen LogP contribution in [0.1, 0.15) is 17.2 Å². The highest BCUT2D eigenvalue weighted by molar-refractivity contribution is 5.56. The lowest BCUT2D eigenvalue weighted by molar-refractivity contribution is -0.385. The largest absolute Gasteiger partial charge is 0.493 e. The molecule has 2 rings (SSSR count). The lowest BCUT2D eigenvalue weighted by Gasteiger charge is -2.17. The second-order valence-corrected chi connectivity index (χ2v) is 5.05. The van der Waals surface area contributed by atoms with Gasteiger partial charge in [0, 0.05) is 6.07 Å². The Bertz CT molecular complexity index is 751. The summed E-state index contributed by atoms with van der Waals surface area (Å²) in [4.78, 5) is 10.6. The molecule has 0 bridgehead atoms. The van der Waals surface area contributed by atoms with Crippen molar-refractivity contribution in [2.24, 2.45) is 0 Å². The van der Waals surface area contributed by atoms with Crippen LogP contribution in [0.3, 0.4) is 0 Å². The molecular formula is C17H19NO7. The standard InChI is InChI=1S/C17H19NO7/c1-22-13-6-5-10(7-12(13)18(20)21)16(19)11-8-14(23-2)17(25-4)15(9-11)24-3/h5-9,16,19H,1-4H3. The van der Waals surface area contributed by atoms with Crippen LogP contribution in [0, 0.1) is 10.1 Å². The number of nitro benzene ring substituents is 1. The zero-order valence-corrected chi connectivity index (χ0v) is 14.3. The van der Waals surface area contributed by atoms with Gasteiger partial charge < -0.3 is 24.1 Å². The summed E-state index contributed by atoms with van der Waals surface area (Å²) in [5.41, 5.74) is 0.544. The first kappa shape index (κ1) is 18.3. The molecule has 0 amide bonds. The quantitative estimate of drug-likeness (QED) is 0.606. The minimum atomic E-state index is -1.13. The van der Waals surface area contributed by atoms with Crippen molar-refractivity contribution >= 4 is 5.69 Å². The van der Waals surface area contributed by atoms with Crippen LogP contribution >= 0.6 is 0 Å². The molecule has 0 aliphatic heterocycles. The van der Waals surface area contributed by atoms with Crippen molar-refractivity contribution in [3.63, 3.8) is 0 Å². The van der Waals surface area contributed by atoms with E-state index < -0.39 is 11.0 Å². The van der Waals surface area contributed by atoms with Crippen LogP contribution in [0.4, 0.5) is 5.69 Å². The Morgan fingerprint density at radius 3 is 1.88 bits per heavy atom. The van der Waals surface area contributed by atoms with Gasteiger partial charge >= 0.3 is 5.69 Å². The maximum Gasteiger partial charge on any atom is 0.311 e. The number of nitro groups is 1. The van der Waals surface area contributed by atoms with Gasteiger partial charge in [0.15, 0.2) is 17.2 Å². The van der Waals surface area contributed by atoms with Gasteiger partial charge in [-0.15, -0.1) is 0 Å². The zero-order valence-electron chi connectivity index (χ0n) is 14.3. The van der Waals surface area contributed by atoms with Crippen molar-refractivity contribution in [1.29, 1.82) is 0 Å². The summed E-state index contributed by atoms with van der Waals surface area (Å²) in [6, 6.07) is 7.44. The van der Waals surface area contributed by atoms with Gasteiger partial charge in [-0.2, -0.15) is 0 Å². The summed E-state index contributed by atoms with van der Waals surface area (Å²) in [6.45, 7) is 0. The number of aliphatic hydroxyl groups excluding tert-OH is 1. The Morgan fingerprint density at radius 2 is 1.44 bits per heavy atom. The Morgan fingerprint density at radius 1 is 0.880 bits per heavy atom. The molecule has 8 heteroatoms. The fourth-order valence-electron chi connectivity index (χ4n) is 2.47. The highest BCUT2D eigenvalue weighted by Crippen LogP contribution is 2.41. The average Bonchev–Trinajstić information content (AvgIpc) is 2.65. The molecule has 134 valence electrons. The van der Waals surface area contributed by atoms with Crippen LogP contribution in [0.25, 0.3) is 0 Å². The first-order valence-electron chi connectivity index (χ1n) is 7.27. The number of methoxy groups -OCH3 is 4. The highest BCUT2D eigenvalue weighted by Gasteiger charge is 2.22. The molecule has 1 unspecified atom stereocenters. The molecule has 0 saturated carbocycles. The van der Waals surface area contributed by atoms with Gasteiger partial charge in [0.1, 0.15) is 6.10 Å². The summed E-state index contributed by atoms with van der Waals surface area (Å²) in [6.07, 6.45) is -1.13. The molecule has 2 aromatic rings. The molecule has 1 N–H and O–H groups in total. The normalized spacial score (nSPS) is 11.6. The Labute approximate surface area is 144 Å². The molecule has 0 radical (unpaired) electrons. The first-order chi connectivity index (χ1) is 12.0. The van der Waals surface area contributed by atoms with Crippen LogP contribution in [0.2, 0.25) is 0 Å². The maximum absolute atomic E-state index is 11.2. The van der Waals surface area contributed by atoms with Gasteiger partial charge in [0.05, 0.1) is 33.4 Å². The summed E-state index contributed by atoms with van der Waals surface area (Å²) < 4.78 is 20.7. The third-order valence-electron chi connectivity index (χ3n) is 3.72. The summed E-state index contributed by atoms with van der Waals surface area (Å²) in [7, 11) is 5.75. The molecule has 0 saturated heterocycles. The molecular weight excluding hydrogens is 330 g/mol. The molecule has 0 aliphatic rings. The maximum atomic E-state index is 11.2. The van der Waals surface area contributed by atoms with Crippen LogP contribution in [0.15, 0.2) is 30.3 Å². The van der Waals surface area contributed by atoms with Gasteiger partial charge in [0.2, 0.25) is 5.75 Å². The van der Waals surface area contributed by atoms with Crippen molar-refractivity contribution < 1.29 is 29.0 Å². The molecule has 0 aliphatic carbocycles. The van der Waals surface area contributed by atoms with Gasteiger partial charge in [-0.1, -0.05) is 6.07 Å². The average molecular weight is 349 g/mol.